The average Bonchev–Trinajstić information content (AvgIpc) is 3.30. The number of amides is 1. The van der Waals surface area contributed by atoms with Gasteiger partial charge in [-0.3, -0.25) is 9.69 Å². The molecule has 1 amide bonds. The lowest BCUT2D eigenvalue weighted by atomic mass is 9.82. The second-order valence-electron chi connectivity index (χ2n) is 8.80. The van der Waals surface area contributed by atoms with Gasteiger partial charge in [0.05, 0.1) is 50.1 Å². The molecule has 32 heavy (non-hydrogen) atoms. The SMILES string of the molecule is N#Cc1ccc(-c2ccc3c(c2)[C@@H]2[C@@H](CCN2C(=O)CN2CCOCC2)[C@H](CO)N3)cc1. The molecule has 3 atom stereocenters. The minimum Gasteiger partial charge on any atom is -0.394 e. The number of nitriles is 1. The topological polar surface area (TPSA) is 88.8 Å². The Hall–Kier alpha value is -2.92. The smallest absolute Gasteiger partial charge is 0.237 e. The third kappa shape index (κ3) is 3.86. The first-order valence-corrected chi connectivity index (χ1v) is 11.3. The summed E-state index contributed by atoms with van der Waals surface area (Å²) >= 11 is 0. The maximum absolute atomic E-state index is 13.3. The Labute approximate surface area is 188 Å². The maximum atomic E-state index is 13.3. The zero-order valence-electron chi connectivity index (χ0n) is 18.0. The van der Waals surface area contributed by atoms with Gasteiger partial charge in [-0.15, -0.1) is 0 Å². The van der Waals surface area contributed by atoms with E-state index in [0.29, 0.717) is 31.9 Å². The maximum Gasteiger partial charge on any atom is 0.237 e. The molecule has 166 valence electrons. The Morgan fingerprint density at radius 2 is 1.88 bits per heavy atom. The number of aliphatic hydroxyl groups is 1. The van der Waals surface area contributed by atoms with Gasteiger partial charge < -0.3 is 20.1 Å². The van der Waals surface area contributed by atoms with Crippen molar-refractivity contribution in [3.8, 4) is 17.2 Å². The number of likely N-dealkylation sites (tertiary alicyclic amines) is 1. The van der Waals surface area contributed by atoms with E-state index in [1.807, 2.05) is 35.2 Å². The van der Waals surface area contributed by atoms with Gasteiger partial charge in [0.25, 0.3) is 0 Å². The number of benzene rings is 2. The fourth-order valence-electron chi connectivity index (χ4n) is 5.30. The van der Waals surface area contributed by atoms with Crippen LogP contribution in [0.3, 0.4) is 0 Å². The number of morpholine rings is 1. The molecule has 2 saturated heterocycles. The first-order valence-electron chi connectivity index (χ1n) is 11.3. The van der Waals surface area contributed by atoms with Crippen LogP contribution < -0.4 is 5.32 Å². The summed E-state index contributed by atoms with van der Waals surface area (Å²) in [4.78, 5) is 17.5. The van der Waals surface area contributed by atoms with Crippen molar-refractivity contribution in [3.05, 3.63) is 53.6 Å². The standard InChI is InChI=1S/C25H28N4O3/c26-14-17-1-3-18(4-2-17)19-5-6-22-21(13-19)25-20(23(16-30)27-22)7-8-29(25)24(31)15-28-9-11-32-12-10-28/h1-6,13,20,23,25,27,30H,7-12,15-16H2/t20-,23-,25-/m0/s1. The molecule has 3 aliphatic rings. The van der Waals surface area contributed by atoms with Gasteiger partial charge in [-0.05, 0) is 47.4 Å². The summed E-state index contributed by atoms with van der Waals surface area (Å²) in [6, 6.07) is 15.9. The summed E-state index contributed by atoms with van der Waals surface area (Å²) in [5, 5.41) is 22.6. The summed E-state index contributed by atoms with van der Waals surface area (Å²) in [7, 11) is 0. The van der Waals surface area contributed by atoms with E-state index in [1.165, 1.54) is 0 Å². The van der Waals surface area contributed by atoms with Crippen molar-refractivity contribution in [1.82, 2.24) is 9.80 Å². The van der Waals surface area contributed by atoms with Gasteiger partial charge in [0.1, 0.15) is 0 Å². The lowest BCUT2D eigenvalue weighted by Crippen LogP contribution is -2.47. The molecule has 0 aromatic heterocycles. The Kier molecular flexibility index (Phi) is 5.83. The molecule has 0 radical (unpaired) electrons. The summed E-state index contributed by atoms with van der Waals surface area (Å²) < 4.78 is 5.42. The quantitative estimate of drug-likeness (QED) is 0.770. The molecule has 2 fully saturated rings. The number of carbonyl (C=O) groups is 1. The number of ether oxygens (including phenoxy) is 1. The molecule has 0 unspecified atom stereocenters. The number of hydrogen-bond acceptors (Lipinski definition) is 6. The Bertz CT molecular complexity index is 1030. The second-order valence-corrected chi connectivity index (χ2v) is 8.80. The van der Waals surface area contributed by atoms with Crippen LogP contribution in [-0.2, 0) is 9.53 Å². The lowest BCUT2D eigenvalue weighted by molar-refractivity contribution is -0.134. The van der Waals surface area contributed by atoms with Crippen molar-refractivity contribution in [2.24, 2.45) is 5.92 Å². The molecule has 3 aliphatic heterocycles. The molecule has 3 heterocycles. The van der Waals surface area contributed by atoms with Gasteiger partial charge >= 0.3 is 0 Å². The lowest BCUT2D eigenvalue weighted by Gasteiger charge is -2.40. The number of rotatable bonds is 4. The van der Waals surface area contributed by atoms with Crippen LogP contribution in [0.5, 0.6) is 0 Å². The second kappa shape index (κ2) is 8.91. The Balaban J connectivity index is 1.46. The summed E-state index contributed by atoms with van der Waals surface area (Å²) in [6.07, 6.45) is 0.873. The van der Waals surface area contributed by atoms with Crippen LogP contribution in [0.15, 0.2) is 42.5 Å². The van der Waals surface area contributed by atoms with Gasteiger partial charge in [0.2, 0.25) is 5.91 Å². The number of fused-ring (bicyclic) bond motifs is 3. The zero-order valence-corrected chi connectivity index (χ0v) is 18.0. The molecule has 5 rings (SSSR count). The third-order valence-corrected chi connectivity index (χ3v) is 7.00. The summed E-state index contributed by atoms with van der Waals surface area (Å²) in [5.41, 5.74) is 4.82. The number of aliphatic hydroxyl groups excluding tert-OH is 1. The molecule has 0 aliphatic carbocycles. The molecule has 0 saturated carbocycles. The van der Waals surface area contributed by atoms with E-state index in [1.54, 1.807) is 0 Å². The molecule has 2 aromatic rings. The van der Waals surface area contributed by atoms with Crippen LogP contribution in [0.1, 0.15) is 23.6 Å². The van der Waals surface area contributed by atoms with E-state index < -0.39 is 0 Å². The van der Waals surface area contributed by atoms with Gasteiger partial charge in [-0.25, -0.2) is 0 Å². The Morgan fingerprint density at radius 1 is 1.12 bits per heavy atom. The van der Waals surface area contributed by atoms with Crippen LogP contribution >= 0.6 is 0 Å². The molecule has 2 aromatic carbocycles. The van der Waals surface area contributed by atoms with Crippen LogP contribution in [0.25, 0.3) is 11.1 Å². The Morgan fingerprint density at radius 3 is 2.59 bits per heavy atom. The van der Waals surface area contributed by atoms with E-state index in [9.17, 15) is 9.90 Å². The van der Waals surface area contributed by atoms with Crippen molar-refractivity contribution >= 4 is 11.6 Å². The highest BCUT2D eigenvalue weighted by Crippen LogP contribution is 2.47. The monoisotopic (exact) mass is 432 g/mol. The van der Waals surface area contributed by atoms with E-state index >= 15 is 0 Å². The molecule has 7 nitrogen and oxygen atoms in total. The highest BCUT2D eigenvalue weighted by molar-refractivity contribution is 5.80. The predicted molar refractivity (Wildman–Crippen MR) is 121 cm³/mol. The van der Waals surface area contributed by atoms with Gasteiger partial charge in [0.15, 0.2) is 0 Å². The van der Waals surface area contributed by atoms with Crippen molar-refractivity contribution in [1.29, 1.82) is 5.26 Å². The van der Waals surface area contributed by atoms with Crippen LogP contribution in [0, 0.1) is 17.2 Å². The fourth-order valence-corrected chi connectivity index (χ4v) is 5.30. The van der Waals surface area contributed by atoms with Crippen molar-refractivity contribution in [2.45, 2.75) is 18.5 Å². The third-order valence-electron chi connectivity index (χ3n) is 7.00. The normalized spacial score (nSPS) is 24.9. The highest BCUT2D eigenvalue weighted by atomic mass is 16.5. The molecule has 0 bridgehead atoms. The molecular formula is C25H28N4O3. The minimum atomic E-state index is -0.0607. The first kappa shape index (κ1) is 21.0. The van der Waals surface area contributed by atoms with Gasteiger partial charge in [-0.1, -0.05) is 18.2 Å². The van der Waals surface area contributed by atoms with Crippen LogP contribution in [-0.4, -0.2) is 72.9 Å². The summed E-state index contributed by atoms with van der Waals surface area (Å²) in [5.74, 6) is 0.324. The minimum absolute atomic E-state index is 0.0451. The van der Waals surface area contributed by atoms with Crippen LogP contribution in [0.2, 0.25) is 0 Å². The molecule has 7 heteroatoms. The van der Waals surface area contributed by atoms with Crippen LogP contribution in [0.4, 0.5) is 5.69 Å². The number of nitrogens with one attached hydrogen (secondary N) is 1. The predicted octanol–water partition coefficient (Wildman–Crippen LogP) is 2.23. The number of anilines is 1. The zero-order chi connectivity index (χ0) is 22.1. The highest BCUT2D eigenvalue weighted by Gasteiger charge is 2.45. The van der Waals surface area contributed by atoms with Crippen molar-refractivity contribution in [2.75, 3.05) is 51.3 Å². The average molecular weight is 433 g/mol. The fraction of sp³-hybridized carbons (Fsp3) is 0.440. The number of hydrogen-bond donors (Lipinski definition) is 2. The summed E-state index contributed by atoms with van der Waals surface area (Å²) in [6.45, 7) is 4.08. The molecule has 2 N–H and O–H groups in total. The first-order chi connectivity index (χ1) is 15.7. The van der Waals surface area contributed by atoms with Crippen molar-refractivity contribution in [3.63, 3.8) is 0 Å². The van der Waals surface area contributed by atoms with Crippen molar-refractivity contribution < 1.29 is 14.6 Å². The van der Waals surface area contributed by atoms with Gasteiger partial charge in [-0.2, -0.15) is 5.26 Å². The van der Waals surface area contributed by atoms with E-state index in [0.717, 1.165) is 41.9 Å². The van der Waals surface area contributed by atoms with Gasteiger partial charge in [0, 0.05) is 31.2 Å². The molecule has 0 spiro atoms. The largest absolute Gasteiger partial charge is 0.394 e. The number of carbonyl (C=O) groups excluding carboxylic acids is 1. The number of nitrogens with zero attached hydrogens (tertiary/aromatic N) is 3. The van der Waals surface area contributed by atoms with E-state index in [-0.39, 0.29) is 30.5 Å². The molecular weight excluding hydrogens is 404 g/mol. The van der Waals surface area contributed by atoms with E-state index in [4.69, 9.17) is 10.00 Å². The van der Waals surface area contributed by atoms with E-state index in [2.05, 4.69) is 28.4 Å².